The van der Waals surface area contributed by atoms with Gasteiger partial charge < -0.3 is 14.8 Å². The number of aromatic nitrogens is 1. The molecule has 1 fully saturated rings. The zero-order chi connectivity index (χ0) is 16.8. The van der Waals surface area contributed by atoms with Gasteiger partial charge in [0.05, 0.1) is 31.4 Å². The van der Waals surface area contributed by atoms with Crippen molar-refractivity contribution in [2.45, 2.75) is 19.4 Å². The molecule has 2 heterocycles. The molecule has 0 spiro atoms. The number of amides is 1. The van der Waals surface area contributed by atoms with Crippen molar-refractivity contribution in [3.63, 3.8) is 0 Å². The third-order valence-corrected chi connectivity index (χ3v) is 4.19. The van der Waals surface area contributed by atoms with Crippen LogP contribution >= 0.6 is 0 Å². The second-order valence-corrected chi connectivity index (χ2v) is 5.87. The molecule has 24 heavy (non-hydrogen) atoms. The summed E-state index contributed by atoms with van der Waals surface area (Å²) in [5.74, 6) is 0.756. The molecule has 0 aliphatic carbocycles. The van der Waals surface area contributed by atoms with Crippen LogP contribution < -0.4 is 10.1 Å². The first-order valence-corrected chi connectivity index (χ1v) is 8.27. The number of hydrogen-bond donors (Lipinski definition) is 1. The lowest BCUT2D eigenvalue weighted by atomic mass is 9.95. The van der Waals surface area contributed by atoms with Crippen LogP contribution in [0.25, 0.3) is 0 Å². The van der Waals surface area contributed by atoms with E-state index in [0.29, 0.717) is 31.1 Å². The van der Waals surface area contributed by atoms with E-state index in [-0.39, 0.29) is 17.9 Å². The fourth-order valence-corrected chi connectivity index (χ4v) is 2.96. The van der Waals surface area contributed by atoms with E-state index in [9.17, 15) is 4.79 Å². The van der Waals surface area contributed by atoms with Crippen molar-refractivity contribution in [1.29, 1.82) is 0 Å². The Morgan fingerprint density at radius 2 is 2.04 bits per heavy atom. The van der Waals surface area contributed by atoms with Crippen molar-refractivity contribution in [1.82, 2.24) is 10.3 Å². The van der Waals surface area contributed by atoms with Crippen LogP contribution in [0.5, 0.6) is 5.75 Å². The Morgan fingerprint density at radius 1 is 1.25 bits per heavy atom. The minimum Gasteiger partial charge on any atom is -0.493 e. The van der Waals surface area contributed by atoms with Crippen molar-refractivity contribution in [2.24, 2.45) is 5.92 Å². The molecule has 126 valence electrons. The number of rotatable bonds is 6. The lowest BCUT2D eigenvalue weighted by Crippen LogP contribution is -2.40. The van der Waals surface area contributed by atoms with Crippen LogP contribution in [-0.2, 0) is 11.2 Å². The number of nitrogens with zero attached hydrogens (tertiary/aromatic N) is 1. The van der Waals surface area contributed by atoms with Gasteiger partial charge in [-0.05, 0) is 43.2 Å². The Labute approximate surface area is 142 Å². The molecule has 1 aromatic heterocycles. The first kappa shape index (κ1) is 16.5. The molecule has 5 heteroatoms. The van der Waals surface area contributed by atoms with E-state index in [4.69, 9.17) is 9.47 Å². The Bertz CT molecular complexity index is 675. The lowest BCUT2D eigenvalue weighted by Gasteiger charge is -2.20. The molecule has 1 aliphatic rings. The summed E-state index contributed by atoms with van der Waals surface area (Å²) < 4.78 is 11.1. The van der Waals surface area contributed by atoms with Crippen molar-refractivity contribution in [3.05, 3.63) is 59.9 Å². The van der Waals surface area contributed by atoms with Crippen LogP contribution in [0.2, 0.25) is 0 Å². The first-order valence-electron chi connectivity index (χ1n) is 8.27. The Balaban J connectivity index is 1.67. The number of ether oxygens (including phenoxy) is 2. The van der Waals surface area contributed by atoms with Crippen molar-refractivity contribution in [3.8, 4) is 5.75 Å². The van der Waals surface area contributed by atoms with E-state index in [1.165, 1.54) is 5.56 Å². The largest absolute Gasteiger partial charge is 0.493 e. The third kappa shape index (κ3) is 3.92. The van der Waals surface area contributed by atoms with E-state index in [0.717, 1.165) is 6.42 Å². The maximum absolute atomic E-state index is 12.6. The lowest BCUT2D eigenvalue weighted by molar-refractivity contribution is 0.0921. The van der Waals surface area contributed by atoms with Crippen LogP contribution in [0, 0.1) is 5.92 Å². The Kier molecular flexibility index (Phi) is 5.43. The predicted molar refractivity (Wildman–Crippen MR) is 91.1 cm³/mol. The highest BCUT2D eigenvalue weighted by molar-refractivity contribution is 5.97. The number of para-hydroxylation sites is 1. The summed E-state index contributed by atoms with van der Waals surface area (Å²) in [7, 11) is 0. The molecule has 1 aromatic carbocycles. The fourth-order valence-electron chi connectivity index (χ4n) is 2.96. The second-order valence-electron chi connectivity index (χ2n) is 5.87. The van der Waals surface area contributed by atoms with E-state index in [1.54, 1.807) is 18.5 Å². The van der Waals surface area contributed by atoms with Gasteiger partial charge in [-0.2, -0.15) is 0 Å². The van der Waals surface area contributed by atoms with Gasteiger partial charge in [0.2, 0.25) is 0 Å². The quantitative estimate of drug-likeness (QED) is 0.886. The van der Waals surface area contributed by atoms with E-state index < -0.39 is 0 Å². The Hall–Kier alpha value is -2.40. The van der Waals surface area contributed by atoms with Gasteiger partial charge in [-0.1, -0.05) is 12.1 Å². The van der Waals surface area contributed by atoms with Crippen LogP contribution in [-0.4, -0.2) is 36.8 Å². The summed E-state index contributed by atoms with van der Waals surface area (Å²) in [5, 5.41) is 3.10. The fraction of sp³-hybridized carbons (Fsp3) is 0.368. The molecule has 0 unspecified atom stereocenters. The number of hydrogen-bond acceptors (Lipinski definition) is 4. The summed E-state index contributed by atoms with van der Waals surface area (Å²) in [5.41, 5.74) is 1.77. The number of benzene rings is 1. The normalized spacial score (nSPS) is 19.9. The van der Waals surface area contributed by atoms with Gasteiger partial charge in [0.1, 0.15) is 5.75 Å². The summed E-state index contributed by atoms with van der Waals surface area (Å²) in [4.78, 5) is 16.7. The van der Waals surface area contributed by atoms with Gasteiger partial charge in [-0.3, -0.25) is 9.78 Å². The summed E-state index contributed by atoms with van der Waals surface area (Å²) in [6, 6.07) is 11.3. The first-order chi connectivity index (χ1) is 11.8. The maximum Gasteiger partial charge on any atom is 0.255 e. The van der Waals surface area contributed by atoms with Crippen LogP contribution in [0.15, 0.2) is 48.8 Å². The van der Waals surface area contributed by atoms with E-state index in [1.807, 2.05) is 37.3 Å². The summed E-state index contributed by atoms with van der Waals surface area (Å²) in [6.07, 6.45) is 4.44. The molecular weight excluding hydrogens is 304 g/mol. The summed E-state index contributed by atoms with van der Waals surface area (Å²) >= 11 is 0. The second kappa shape index (κ2) is 7.93. The van der Waals surface area contributed by atoms with Gasteiger partial charge in [0.15, 0.2) is 0 Å². The molecule has 0 radical (unpaired) electrons. The highest BCUT2D eigenvalue weighted by Gasteiger charge is 2.30. The van der Waals surface area contributed by atoms with Crippen LogP contribution in [0.1, 0.15) is 22.8 Å². The van der Waals surface area contributed by atoms with Gasteiger partial charge in [-0.25, -0.2) is 0 Å². The van der Waals surface area contributed by atoms with Gasteiger partial charge in [0, 0.05) is 18.3 Å². The smallest absolute Gasteiger partial charge is 0.255 e. The summed E-state index contributed by atoms with van der Waals surface area (Å²) in [6.45, 7) is 3.63. The van der Waals surface area contributed by atoms with Crippen molar-refractivity contribution in [2.75, 3.05) is 19.8 Å². The predicted octanol–water partition coefficient (Wildman–Crippen LogP) is 2.47. The molecule has 3 rings (SSSR count). The third-order valence-electron chi connectivity index (χ3n) is 4.19. The minimum absolute atomic E-state index is 0.000322. The zero-order valence-electron chi connectivity index (χ0n) is 13.8. The number of pyridine rings is 1. The molecule has 1 aliphatic heterocycles. The standard InChI is InChI=1S/C19H22N2O3/c1-2-24-18-6-4-3-5-16(18)19(22)21-17-13-23-12-15(17)11-14-7-9-20-10-8-14/h3-10,15,17H,2,11-13H2,1H3,(H,21,22)/t15-,17+/m1/s1. The molecule has 1 saturated heterocycles. The molecule has 0 saturated carbocycles. The van der Waals surface area contributed by atoms with Gasteiger partial charge in [0.25, 0.3) is 5.91 Å². The molecule has 5 nitrogen and oxygen atoms in total. The van der Waals surface area contributed by atoms with Gasteiger partial charge in [-0.15, -0.1) is 0 Å². The Morgan fingerprint density at radius 3 is 2.83 bits per heavy atom. The zero-order valence-corrected chi connectivity index (χ0v) is 13.8. The highest BCUT2D eigenvalue weighted by atomic mass is 16.5. The van der Waals surface area contributed by atoms with Crippen molar-refractivity contribution < 1.29 is 14.3 Å². The average molecular weight is 326 g/mol. The van der Waals surface area contributed by atoms with Crippen LogP contribution in [0.3, 0.4) is 0 Å². The van der Waals surface area contributed by atoms with E-state index in [2.05, 4.69) is 10.3 Å². The number of carbonyl (C=O) groups is 1. The molecule has 1 amide bonds. The van der Waals surface area contributed by atoms with Crippen molar-refractivity contribution >= 4 is 5.91 Å². The maximum atomic E-state index is 12.6. The molecule has 0 bridgehead atoms. The SMILES string of the molecule is CCOc1ccccc1C(=O)N[C@H]1COC[C@H]1Cc1ccncc1. The molecule has 1 N–H and O–H groups in total. The average Bonchev–Trinajstić information content (AvgIpc) is 3.03. The number of nitrogens with one attached hydrogen (secondary N) is 1. The van der Waals surface area contributed by atoms with Gasteiger partial charge >= 0.3 is 0 Å². The highest BCUT2D eigenvalue weighted by Crippen LogP contribution is 2.22. The minimum atomic E-state index is -0.116. The van der Waals surface area contributed by atoms with Crippen LogP contribution in [0.4, 0.5) is 0 Å². The molecule has 2 atom stereocenters. The molecular formula is C19H22N2O3. The van der Waals surface area contributed by atoms with E-state index >= 15 is 0 Å². The number of carbonyl (C=O) groups excluding carboxylic acids is 1. The molecule has 2 aromatic rings. The topological polar surface area (TPSA) is 60.5 Å². The monoisotopic (exact) mass is 326 g/mol.